The van der Waals surface area contributed by atoms with E-state index < -0.39 is 33.7 Å². The van der Waals surface area contributed by atoms with Crippen LogP contribution in [0.1, 0.15) is 79.6 Å². The van der Waals surface area contributed by atoms with E-state index in [1.165, 1.54) is 5.57 Å². The molecule has 0 amide bonds. The van der Waals surface area contributed by atoms with Crippen molar-refractivity contribution >= 4 is 11.8 Å². The number of rotatable bonds is 1. The van der Waals surface area contributed by atoms with Gasteiger partial charge in [-0.2, -0.15) is 0 Å². The van der Waals surface area contributed by atoms with Crippen molar-refractivity contribution in [1.29, 1.82) is 0 Å². The van der Waals surface area contributed by atoms with Crippen molar-refractivity contribution in [2.75, 3.05) is 0 Å². The Morgan fingerprint density at radius 2 is 1.82 bits per heavy atom. The number of carbonyl (C=O) groups excluding carboxylic acids is 2. The summed E-state index contributed by atoms with van der Waals surface area (Å²) in [4.78, 5) is 25.9. The highest BCUT2D eigenvalue weighted by Crippen LogP contribution is 2.77. The summed E-state index contributed by atoms with van der Waals surface area (Å²) in [5.41, 5.74) is -0.588. The molecule has 8 atom stereocenters. The van der Waals surface area contributed by atoms with E-state index in [9.17, 15) is 14.7 Å². The molecular formula is C28H36O5. The Labute approximate surface area is 196 Å². The zero-order valence-corrected chi connectivity index (χ0v) is 20.5. The second kappa shape index (κ2) is 6.28. The Balaban J connectivity index is 1.45. The quantitative estimate of drug-likeness (QED) is 0.465. The van der Waals surface area contributed by atoms with Gasteiger partial charge in [0.15, 0.2) is 5.78 Å². The number of hydrogen-bond acceptors (Lipinski definition) is 5. The van der Waals surface area contributed by atoms with Gasteiger partial charge in [0.05, 0.1) is 11.0 Å². The minimum Gasteiger partial charge on any atom is -0.455 e. The van der Waals surface area contributed by atoms with E-state index in [1.54, 1.807) is 13.0 Å². The SMILES string of the molecule is CC1=C(C)C(=O)O[C@@H]([C@@]2(C)O[C@@]34CC[C@]2(O)[C@@]3(C)CC[C@H]2[C@H]4CC=C3CC=CC(=O)[C@@]32C)C1. The van der Waals surface area contributed by atoms with Crippen LogP contribution in [0.5, 0.6) is 0 Å². The summed E-state index contributed by atoms with van der Waals surface area (Å²) in [5, 5.41) is 12.4. The highest BCUT2D eigenvalue weighted by atomic mass is 16.6. The number of carbonyl (C=O) groups is 2. The van der Waals surface area contributed by atoms with Gasteiger partial charge in [-0.25, -0.2) is 4.79 Å². The second-order valence-corrected chi connectivity index (χ2v) is 12.2. The van der Waals surface area contributed by atoms with Crippen molar-refractivity contribution in [3.8, 4) is 0 Å². The molecule has 0 aromatic carbocycles. The molecule has 0 radical (unpaired) electrons. The highest BCUT2D eigenvalue weighted by Gasteiger charge is 2.84. The van der Waals surface area contributed by atoms with Crippen molar-refractivity contribution in [3.63, 3.8) is 0 Å². The lowest BCUT2D eigenvalue weighted by Crippen LogP contribution is -2.63. The molecule has 6 rings (SSSR count). The fourth-order valence-corrected chi connectivity index (χ4v) is 9.12. The van der Waals surface area contributed by atoms with Gasteiger partial charge >= 0.3 is 5.97 Å². The number of fused-ring (bicyclic) bond motifs is 3. The van der Waals surface area contributed by atoms with Crippen molar-refractivity contribution in [2.24, 2.45) is 22.7 Å². The van der Waals surface area contributed by atoms with Gasteiger partial charge in [-0.3, -0.25) is 4.79 Å². The minimum absolute atomic E-state index is 0.161. The zero-order chi connectivity index (χ0) is 23.6. The lowest BCUT2D eigenvalue weighted by Gasteiger charge is -2.59. The Bertz CT molecular complexity index is 1070. The first-order valence-electron chi connectivity index (χ1n) is 12.6. The van der Waals surface area contributed by atoms with Crippen LogP contribution in [-0.2, 0) is 19.1 Å². The molecule has 1 saturated heterocycles. The number of ketones is 1. The lowest BCUT2D eigenvalue weighted by molar-refractivity contribution is -0.247. The Morgan fingerprint density at radius 1 is 1.06 bits per heavy atom. The van der Waals surface area contributed by atoms with E-state index in [2.05, 4.69) is 19.9 Å². The van der Waals surface area contributed by atoms with E-state index >= 15 is 0 Å². The summed E-state index contributed by atoms with van der Waals surface area (Å²) >= 11 is 0. The number of ether oxygens (including phenoxy) is 2. The molecule has 2 aliphatic heterocycles. The molecule has 2 saturated carbocycles. The number of esters is 1. The van der Waals surface area contributed by atoms with Crippen molar-refractivity contribution in [2.45, 2.75) is 102 Å². The monoisotopic (exact) mass is 452 g/mol. The van der Waals surface area contributed by atoms with Crippen molar-refractivity contribution in [3.05, 3.63) is 34.9 Å². The molecule has 6 aliphatic rings. The molecule has 33 heavy (non-hydrogen) atoms. The molecule has 0 unspecified atom stereocenters. The third-order valence-electron chi connectivity index (χ3n) is 11.4. The normalized spacial score (nSPS) is 52.8. The summed E-state index contributed by atoms with van der Waals surface area (Å²) in [7, 11) is 0. The molecule has 0 spiro atoms. The fraction of sp³-hybridized carbons (Fsp3) is 0.714. The van der Waals surface area contributed by atoms with Gasteiger partial charge in [0, 0.05) is 17.4 Å². The Hall–Kier alpha value is -1.72. The average molecular weight is 453 g/mol. The molecular weight excluding hydrogens is 416 g/mol. The van der Waals surface area contributed by atoms with Gasteiger partial charge in [-0.1, -0.05) is 30.2 Å². The maximum atomic E-state index is 13.2. The summed E-state index contributed by atoms with van der Waals surface area (Å²) in [6.45, 7) is 10.1. The van der Waals surface area contributed by atoms with Crippen LogP contribution in [0.4, 0.5) is 0 Å². The molecule has 2 bridgehead atoms. The summed E-state index contributed by atoms with van der Waals surface area (Å²) in [6, 6.07) is 0. The zero-order valence-electron chi connectivity index (χ0n) is 20.5. The van der Waals surface area contributed by atoms with Crippen LogP contribution in [0.3, 0.4) is 0 Å². The molecule has 0 aromatic rings. The van der Waals surface area contributed by atoms with Crippen molar-refractivity contribution in [1.82, 2.24) is 0 Å². The van der Waals surface area contributed by atoms with Gasteiger partial charge in [0.2, 0.25) is 0 Å². The van der Waals surface area contributed by atoms with Crippen LogP contribution < -0.4 is 0 Å². The number of cyclic esters (lactones) is 1. The van der Waals surface area contributed by atoms with E-state index in [-0.39, 0.29) is 23.6 Å². The second-order valence-electron chi connectivity index (χ2n) is 12.2. The predicted molar refractivity (Wildman–Crippen MR) is 123 cm³/mol. The van der Waals surface area contributed by atoms with Crippen LogP contribution in [0, 0.1) is 22.7 Å². The minimum atomic E-state index is -1.08. The maximum Gasteiger partial charge on any atom is 0.334 e. The molecule has 1 N–H and O–H groups in total. The van der Waals surface area contributed by atoms with E-state index in [1.807, 2.05) is 19.9 Å². The van der Waals surface area contributed by atoms with Crippen LogP contribution in [0.2, 0.25) is 0 Å². The maximum absolute atomic E-state index is 13.2. The first-order chi connectivity index (χ1) is 15.4. The Kier molecular flexibility index (Phi) is 4.15. The summed E-state index contributed by atoms with van der Waals surface area (Å²) in [6.07, 6.45) is 11.0. The first-order valence-corrected chi connectivity index (χ1v) is 12.6. The van der Waals surface area contributed by atoms with Crippen molar-refractivity contribution < 1.29 is 24.2 Å². The summed E-state index contributed by atoms with van der Waals surface area (Å²) < 4.78 is 13.1. The van der Waals surface area contributed by atoms with Crippen LogP contribution in [0.15, 0.2) is 34.9 Å². The summed E-state index contributed by atoms with van der Waals surface area (Å²) in [5.74, 6) is 0.265. The standard InChI is InChI=1S/C28H36O5/c1-16-15-22(32-23(30)17(16)2)26(5)28(31)14-13-27(33-26)20-10-9-18-7-6-8-21(29)25(18,4)19(20)11-12-24(27,28)3/h6,8-9,19-20,22,31H,7,10-15H2,1-5H3/t19-,20+,22+,24-,25-,26+,27+,28-/m0/s1. The third kappa shape index (κ3) is 2.18. The van der Waals surface area contributed by atoms with E-state index in [0.717, 1.165) is 37.7 Å². The lowest BCUT2D eigenvalue weighted by atomic mass is 9.46. The first kappa shape index (κ1) is 21.8. The molecule has 5 heteroatoms. The van der Waals surface area contributed by atoms with Gasteiger partial charge in [-0.05, 0) is 84.1 Å². The molecule has 0 aromatic heterocycles. The molecule has 5 nitrogen and oxygen atoms in total. The van der Waals surface area contributed by atoms with Gasteiger partial charge < -0.3 is 14.6 Å². The number of hydrogen-bond donors (Lipinski definition) is 1. The van der Waals surface area contributed by atoms with Crippen LogP contribution in [0.25, 0.3) is 0 Å². The van der Waals surface area contributed by atoms with Gasteiger partial charge in [0.1, 0.15) is 17.3 Å². The Morgan fingerprint density at radius 3 is 2.55 bits per heavy atom. The van der Waals surface area contributed by atoms with Gasteiger partial charge in [0.25, 0.3) is 0 Å². The molecule has 2 heterocycles. The topological polar surface area (TPSA) is 72.8 Å². The average Bonchev–Trinajstić information content (AvgIpc) is 3.10. The fourth-order valence-electron chi connectivity index (χ4n) is 9.12. The number of allylic oxidation sites excluding steroid dienone is 4. The molecule has 3 fully saturated rings. The predicted octanol–water partition coefficient (Wildman–Crippen LogP) is 4.59. The van der Waals surface area contributed by atoms with Crippen LogP contribution in [-0.4, -0.2) is 39.8 Å². The molecule has 178 valence electrons. The van der Waals surface area contributed by atoms with Gasteiger partial charge in [-0.15, -0.1) is 0 Å². The molecule has 4 aliphatic carbocycles. The largest absolute Gasteiger partial charge is 0.455 e. The third-order valence-corrected chi connectivity index (χ3v) is 11.4. The highest BCUT2D eigenvalue weighted by molar-refractivity contribution is 5.98. The van der Waals surface area contributed by atoms with Crippen LogP contribution >= 0.6 is 0 Å². The smallest absolute Gasteiger partial charge is 0.334 e. The van der Waals surface area contributed by atoms with E-state index in [4.69, 9.17) is 9.47 Å². The number of aliphatic hydroxyl groups is 1. The van der Waals surface area contributed by atoms with E-state index in [0.29, 0.717) is 18.4 Å².